The van der Waals surface area contributed by atoms with Gasteiger partial charge in [-0.25, -0.2) is 0 Å². The van der Waals surface area contributed by atoms with Gasteiger partial charge in [0.2, 0.25) is 5.91 Å². The lowest BCUT2D eigenvalue weighted by atomic mass is 10.2. The first-order valence-electron chi connectivity index (χ1n) is 7.60. The van der Waals surface area contributed by atoms with Crippen molar-refractivity contribution in [2.75, 3.05) is 38.5 Å². The number of hydrogen-bond donors (Lipinski definition) is 2. The van der Waals surface area contributed by atoms with Gasteiger partial charge in [-0.15, -0.1) is 0 Å². The van der Waals surface area contributed by atoms with E-state index in [1.807, 2.05) is 24.3 Å². The molecular formula is C16H26N4O. The van der Waals surface area contributed by atoms with E-state index in [1.165, 1.54) is 0 Å². The van der Waals surface area contributed by atoms with Crippen LogP contribution in [-0.4, -0.2) is 55.0 Å². The Labute approximate surface area is 127 Å². The van der Waals surface area contributed by atoms with E-state index < -0.39 is 0 Å². The molecule has 1 unspecified atom stereocenters. The topological polar surface area (TPSA) is 61.6 Å². The molecule has 0 radical (unpaired) electrons. The molecule has 0 aliphatic carbocycles. The van der Waals surface area contributed by atoms with E-state index in [0.29, 0.717) is 19.0 Å². The number of nitrogens with zero attached hydrogens (tertiary/aromatic N) is 2. The van der Waals surface area contributed by atoms with Gasteiger partial charge in [0.05, 0.1) is 0 Å². The molecule has 5 nitrogen and oxygen atoms in total. The number of hydrogen-bond acceptors (Lipinski definition) is 4. The molecule has 1 heterocycles. The molecule has 1 fully saturated rings. The van der Waals surface area contributed by atoms with Gasteiger partial charge in [-0.2, -0.15) is 0 Å². The van der Waals surface area contributed by atoms with Crippen molar-refractivity contribution in [3.8, 4) is 0 Å². The molecule has 21 heavy (non-hydrogen) atoms. The summed E-state index contributed by atoms with van der Waals surface area (Å²) < 4.78 is 0. The molecule has 116 valence electrons. The van der Waals surface area contributed by atoms with Crippen molar-refractivity contribution in [2.24, 2.45) is 5.73 Å². The zero-order valence-electron chi connectivity index (χ0n) is 13.0. The van der Waals surface area contributed by atoms with Crippen LogP contribution in [0.25, 0.3) is 0 Å². The predicted octanol–water partition coefficient (Wildman–Crippen LogP) is 1.11. The van der Waals surface area contributed by atoms with Gasteiger partial charge in [0.25, 0.3) is 0 Å². The molecule has 5 heteroatoms. The fourth-order valence-corrected chi connectivity index (χ4v) is 2.53. The number of carbonyl (C=O) groups excluding carboxylic acids is 1. The molecule has 1 saturated heterocycles. The van der Waals surface area contributed by atoms with Crippen molar-refractivity contribution in [3.63, 3.8) is 0 Å². The highest BCUT2D eigenvalue weighted by Crippen LogP contribution is 2.11. The molecule has 1 amide bonds. The summed E-state index contributed by atoms with van der Waals surface area (Å²) in [5, 5.41) is 2.94. The van der Waals surface area contributed by atoms with Gasteiger partial charge in [-0.05, 0) is 31.7 Å². The molecule has 0 spiro atoms. The van der Waals surface area contributed by atoms with Crippen LogP contribution in [0.5, 0.6) is 0 Å². The molecule has 1 aromatic rings. The van der Waals surface area contributed by atoms with Crippen LogP contribution in [0.2, 0.25) is 0 Å². The largest absolute Gasteiger partial charge is 0.326 e. The maximum atomic E-state index is 12.0. The minimum Gasteiger partial charge on any atom is -0.326 e. The molecule has 0 bridgehead atoms. The lowest BCUT2D eigenvalue weighted by Gasteiger charge is -2.37. The van der Waals surface area contributed by atoms with Gasteiger partial charge < -0.3 is 20.9 Å². The third-order valence-corrected chi connectivity index (χ3v) is 4.17. The molecule has 2 rings (SSSR count). The number of rotatable bonds is 5. The lowest BCUT2D eigenvalue weighted by molar-refractivity contribution is -0.116. The molecule has 1 aliphatic heterocycles. The Morgan fingerprint density at radius 3 is 2.67 bits per heavy atom. The van der Waals surface area contributed by atoms with E-state index >= 15 is 0 Å². The molecule has 1 atom stereocenters. The second kappa shape index (κ2) is 7.54. The Balaban J connectivity index is 1.74. The summed E-state index contributed by atoms with van der Waals surface area (Å²) in [5.74, 6) is 0.0714. The van der Waals surface area contributed by atoms with Crippen molar-refractivity contribution >= 4 is 11.6 Å². The summed E-state index contributed by atoms with van der Waals surface area (Å²) in [6, 6.07) is 8.25. The SMILES string of the molecule is CC1CN(CCC(=O)Nc2ccc(CN)cc2)CCN1C. The number of likely N-dealkylation sites (N-methyl/N-ethyl adjacent to an activating group) is 1. The molecule has 3 N–H and O–H groups in total. The first-order chi connectivity index (χ1) is 10.1. The predicted molar refractivity (Wildman–Crippen MR) is 86.1 cm³/mol. The lowest BCUT2D eigenvalue weighted by Crippen LogP contribution is -2.50. The Bertz CT molecular complexity index is 460. The third kappa shape index (κ3) is 4.81. The summed E-state index contributed by atoms with van der Waals surface area (Å²) in [4.78, 5) is 16.7. The summed E-state index contributed by atoms with van der Waals surface area (Å²) >= 11 is 0. The first-order valence-corrected chi connectivity index (χ1v) is 7.60. The van der Waals surface area contributed by atoms with E-state index in [2.05, 4.69) is 29.1 Å². The summed E-state index contributed by atoms with van der Waals surface area (Å²) in [6.07, 6.45) is 0.537. The quantitative estimate of drug-likeness (QED) is 0.853. The van der Waals surface area contributed by atoms with E-state index in [1.54, 1.807) is 0 Å². The molecule has 0 saturated carbocycles. The van der Waals surface area contributed by atoms with E-state index in [-0.39, 0.29) is 5.91 Å². The Morgan fingerprint density at radius 1 is 1.33 bits per heavy atom. The van der Waals surface area contributed by atoms with Crippen LogP contribution in [0.1, 0.15) is 18.9 Å². The summed E-state index contributed by atoms with van der Waals surface area (Å²) in [5.41, 5.74) is 7.46. The zero-order chi connectivity index (χ0) is 15.2. The molecular weight excluding hydrogens is 264 g/mol. The minimum absolute atomic E-state index is 0.0714. The minimum atomic E-state index is 0.0714. The van der Waals surface area contributed by atoms with E-state index in [9.17, 15) is 4.79 Å². The Kier molecular flexibility index (Phi) is 5.73. The number of carbonyl (C=O) groups is 1. The number of nitrogens with two attached hydrogens (primary N) is 1. The first kappa shape index (κ1) is 15.9. The van der Waals surface area contributed by atoms with Crippen molar-refractivity contribution in [2.45, 2.75) is 25.9 Å². The average molecular weight is 290 g/mol. The van der Waals surface area contributed by atoms with Crippen LogP contribution in [0.4, 0.5) is 5.69 Å². The number of piperazine rings is 1. The zero-order valence-corrected chi connectivity index (χ0v) is 13.0. The Morgan fingerprint density at radius 2 is 2.05 bits per heavy atom. The van der Waals surface area contributed by atoms with Crippen LogP contribution < -0.4 is 11.1 Å². The van der Waals surface area contributed by atoms with Crippen LogP contribution in [0, 0.1) is 0 Å². The second-order valence-electron chi connectivity index (χ2n) is 5.83. The summed E-state index contributed by atoms with van der Waals surface area (Å²) in [7, 11) is 2.15. The third-order valence-electron chi connectivity index (χ3n) is 4.17. The van der Waals surface area contributed by atoms with Crippen molar-refractivity contribution in [1.82, 2.24) is 9.80 Å². The van der Waals surface area contributed by atoms with E-state index in [4.69, 9.17) is 5.73 Å². The fraction of sp³-hybridized carbons (Fsp3) is 0.562. The van der Waals surface area contributed by atoms with Crippen molar-refractivity contribution in [3.05, 3.63) is 29.8 Å². The standard InChI is InChI=1S/C16H26N4O/c1-13-12-20(10-9-19(13)2)8-7-16(21)18-15-5-3-14(11-17)4-6-15/h3-6,13H,7-12,17H2,1-2H3,(H,18,21). The highest BCUT2D eigenvalue weighted by Gasteiger charge is 2.20. The van der Waals surface area contributed by atoms with Crippen LogP contribution in [0.15, 0.2) is 24.3 Å². The fourth-order valence-electron chi connectivity index (χ4n) is 2.53. The van der Waals surface area contributed by atoms with Crippen LogP contribution in [0.3, 0.4) is 0 Å². The van der Waals surface area contributed by atoms with Crippen LogP contribution >= 0.6 is 0 Å². The normalized spacial score (nSPS) is 20.4. The highest BCUT2D eigenvalue weighted by atomic mass is 16.1. The van der Waals surface area contributed by atoms with Crippen molar-refractivity contribution < 1.29 is 4.79 Å². The van der Waals surface area contributed by atoms with Gasteiger partial charge in [-0.1, -0.05) is 12.1 Å². The van der Waals surface area contributed by atoms with Crippen molar-refractivity contribution in [1.29, 1.82) is 0 Å². The maximum Gasteiger partial charge on any atom is 0.225 e. The Hall–Kier alpha value is -1.43. The van der Waals surface area contributed by atoms with Gasteiger partial charge in [-0.3, -0.25) is 4.79 Å². The monoisotopic (exact) mass is 290 g/mol. The van der Waals surface area contributed by atoms with Crippen LogP contribution in [-0.2, 0) is 11.3 Å². The smallest absolute Gasteiger partial charge is 0.225 e. The number of amides is 1. The molecule has 0 aromatic heterocycles. The molecule has 1 aliphatic rings. The number of benzene rings is 1. The maximum absolute atomic E-state index is 12.0. The van der Waals surface area contributed by atoms with Gasteiger partial charge >= 0.3 is 0 Å². The van der Waals surface area contributed by atoms with Gasteiger partial charge in [0, 0.05) is 50.9 Å². The second-order valence-corrected chi connectivity index (χ2v) is 5.83. The molecule has 1 aromatic carbocycles. The number of nitrogens with one attached hydrogen (secondary N) is 1. The van der Waals surface area contributed by atoms with Gasteiger partial charge in [0.15, 0.2) is 0 Å². The van der Waals surface area contributed by atoms with E-state index in [0.717, 1.165) is 37.4 Å². The average Bonchev–Trinajstić information content (AvgIpc) is 2.49. The van der Waals surface area contributed by atoms with Gasteiger partial charge in [0.1, 0.15) is 0 Å². The summed E-state index contributed by atoms with van der Waals surface area (Å²) in [6.45, 7) is 6.73. The highest BCUT2D eigenvalue weighted by molar-refractivity contribution is 5.90. The number of anilines is 1.